The average Bonchev–Trinajstić information content (AvgIpc) is 3.30. The zero-order valence-corrected chi connectivity index (χ0v) is 15.4. The van der Waals surface area contributed by atoms with E-state index in [0.717, 1.165) is 13.1 Å². The molecular formula is C20H20ClN3O3. The van der Waals surface area contributed by atoms with Gasteiger partial charge in [-0.05, 0) is 29.8 Å². The number of halogens is 1. The molecular weight excluding hydrogens is 366 g/mol. The van der Waals surface area contributed by atoms with Crippen molar-refractivity contribution in [1.82, 2.24) is 15.1 Å². The van der Waals surface area contributed by atoms with E-state index in [2.05, 4.69) is 15.1 Å². The predicted octanol–water partition coefficient (Wildman–Crippen LogP) is 3.30. The van der Waals surface area contributed by atoms with E-state index in [1.807, 2.05) is 30.3 Å². The van der Waals surface area contributed by atoms with Gasteiger partial charge in [-0.3, -0.25) is 4.90 Å². The Bertz CT molecular complexity index is 913. The summed E-state index contributed by atoms with van der Waals surface area (Å²) in [5, 5.41) is 28.6. The summed E-state index contributed by atoms with van der Waals surface area (Å²) in [7, 11) is 0. The Labute approximate surface area is 162 Å². The van der Waals surface area contributed by atoms with Crippen LogP contribution in [-0.2, 0) is 6.54 Å². The number of aromatic hydroxyl groups is 1. The second-order valence-electron chi connectivity index (χ2n) is 6.81. The molecule has 27 heavy (non-hydrogen) atoms. The van der Waals surface area contributed by atoms with Crippen LogP contribution in [0, 0.1) is 5.92 Å². The number of nitrogens with zero attached hydrogens (tertiary/aromatic N) is 3. The second-order valence-corrected chi connectivity index (χ2v) is 7.25. The first kappa shape index (κ1) is 18.0. The van der Waals surface area contributed by atoms with Crippen LogP contribution in [-0.4, -0.2) is 45.0 Å². The largest absolute Gasteiger partial charge is 0.507 e. The fourth-order valence-corrected chi connectivity index (χ4v) is 3.76. The molecule has 140 valence electrons. The molecule has 2 atom stereocenters. The number of aromatic nitrogens is 2. The number of para-hydroxylation sites is 1. The van der Waals surface area contributed by atoms with Gasteiger partial charge in [-0.1, -0.05) is 35.9 Å². The molecule has 0 radical (unpaired) electrons. The van der Waals surface area contributed by atoms with Crippen molar-refractivity contribution in [2.75, 3.05) is 19.7 Å². The van der Waals surface area contributed by atoms with Gasteiger partial charge in [-0.2, -0.15) is 0 Å². The van der Waals surface area contributed by atoms with Gasteiger partial charge >= 0.3 is 0 Å². The predicted molar refractivity (Wildman–Crippen MR) is 101 cm³/mol. The number of phenolic OH excluding ortho intramolecular Hbond substituents is 1. The lowest BCUT2D eigenvalue weighted by Gasteiger charge is -2.16. The Hall–Kier alpha value is -2.41. The number of hydrogen-bond donors (Lipinski definition) is 2. The molecule has 0 saturated carbocycles. The lowest BCUT2D eigenvalue weighted by Crippen LogP contribution is -2.21. The van der Waals surface area contributed by atoms with Crippen molar-refractivity contribution in [3.05, 3.63) is 65.0 Å². The van der Waals surface area contributed by atoms with E-state index in [1.165, 1.54) is 5.56 Å². The molecule has 2 aromatic carbocycles. The van der Waals surface area contributed by atoms with Crippen LogP contribution in [0.15, 0.2) is 52.9 Å². The highest BCUT2D eigenvalue weighted by Crippen LogP contribution is 2.34. The van der Waals surface area contributed by atoms with Crippen molar-refractivity contribution >= 4 is 11.6 Å². The fraction of sp³-hybridized carbons (Fsp3) is 0.300. The van der Waals surface area contributed by atoms with Gasteiger partial charge in [0.15, 0.2) is 0 Å². The summed E-state index contributed by atoms with van der Waals surface area (Å²) in [5.74, 6) is 1.27. The van der Waals surface area contributed by atoms with Gasteiger partial charge in [0.2, 0.25) is 5.89 Å². The van der Waals surface area contributed by atoms with Crippen LogP contribution in [0.25, 0.3) is 11.5 Å². The first-order valence-corrected chi connectivity index (χ1v) is 9.21. The zero-order chi connectivity index (χ0) is 18.8. The normalized spacial score (nSPS) is 20.2. The highest BCUT2D eigenvalue weighted by Gasteiger charge is 2.34. The first-order chi connectivity index (χ1) is 13.1. The molecule has 1 aliphatic rings. The van der Waals surface area contributed by atoms with E-state index in [9.17, 15) is 10.2 Å². The first-order valence-electron chi connectivity index (χ1n) is 8.83. The molecule has 0 unspecified atom stereocenters. The molecule has 1 aromatic heterocycles. The topological polar surface area (TPSA) is 82.6 Å². The highest BCUT2D eigenvalue weighted by atomic mass is 35.5. The summed E-state index contributed by atoms with van der Waals surface area (Å²) in [4.78, 5) is 2.20. The van der Waals surface area contributed by atoms with Gasteiger partial charge in [0.05, 0.1) is 12.1 Å². The van der Waals surface area contributed by atoms with Gasteiger partial charge in [-0.25, -0.2) is 0 Å². The number of aliphatic hydroxyl groups excluding tert-OH is 1. The summed E-state index contributed by atoms with van der Waals surface area (Å²) in [5.41, 5.74) is 1.69. The van der Waals surface area contributed by atoms with Gasteiger partial charge in [0.25, 0.3) is 5.89 Å². The highest BCUT2D eigenvalue weighted by molar-refractivity contribution is 6.30. The number of aliphatic hydroxyl groups is 1. The molecule has 0 spiro atoms. The van der Waals surface area contributed by atoms with Crippen LogP contribution < -0.4 is 0 Å². The fourth-order valence-electron chi connectivity index (χ4n) is 3.63. The Morgan fingerprint density at radius 3 is 2.59 bits per heavy atom. The third-order valence-corrected chi connectivity index (χ3v) is 5.26. The van der Waals surface area contributed by atoms with E-state index < -0.39 is 0 Å². The van der Waals surface area contributed by atoms with Crippen LogP contribution in [0.1, 0.15) is 17.4 Å². The van der Waals surface area contributed by atoms with E-state index in [0.29, 0.717) is 28.9 Å². The third-order valence-electron chi connectivity index (χ3n) is 5.01. The SMILES string of the molecule is OC[C@@H]1CN(Cc2nnc(-c3ccccc3O)o2)C[C@H]1c1ccc(Cl)cc1. The van der Waals surface area contributed by atoms with Crippen LogP contribution in [0.5, 0.6) is 5.75 Å². The van der Waals surface area contributed by atoms with E-state index in [4.69, 9.17) is 16.0 Å². The lowest BCUT2D eigenvalue weighted by molar-refractivity contribution is 0.210. The van der Waals surface area contributed by atoms with Gasteiger partial charge < -0.3 is 14.6 Å². The molecule has 0 aliphatic carbocycles. The maximum absolute atomic E-state index is 9.93. The van der Waals surface area contributed by atoms with Crippen molar-refractivity contribution < 1.29 is 14.6 Å². The quantitative estimate of drug-likeness (QED) is 0.701. The minimum atomic E-state index is 0.108. The van der Waals surface area contributed by atoms with Crippen LogP contribution >= 0.6 is 11.6 Å². The Balaban J connectivity index is 1.47. The standard InChI is InChI=1S/C20H20ClN3O3/c21-15-7-5-13(6-8-15)17-10-24(9-14(17)12-25)11-19-22-23-20(27-19)16-3-1-2-4-18(16)26/h1-8,14,17,25-26H,9-12H2/t14-,17-/m0/s1. The molecule has 0 bridgehead atoms. The number of phenols is 1. The van der Waals surface area contributed by atoms with Gasteiger partial charge in [0, 0.05) is 36.6 Å². The van der Waals surface area contributed by atoms with E-state index in [-0.39, 0.29) is 24.2 Å². The van der Waals surface area contributed by atoms with Crippen LogP contribution in [0.3, 0.4) is 0 Å². The second kappa shape index (κ2) is 7.68. The van der Waals surface area contributed by atoms with E-state index in [1.54, 1.807) is 18.2 Å². The minimum Gasteiger partial charge on any atom is -0.507 e. The maximum Gasteiger partial charge on any atom is 0.251 e. The van der Waals surface area contributed by atoms with Crippen molar-refractivity contribution in [2.45, 2.75) is 12.5 Å². The molecule has 6 nitrogen and oxygen atoms in total. The van der Waals surface area contributed by atoms with Crippen LogP contribution in [0.4, 0.5) is 0 Å². The third kappa shape index (κ3) is 3.83. The Kier molecular flexibility index (Phi) is 5.11. The molecule has 1 fully saturated rings. The summed E-state index contributed by atoms with van der Waals surface area (Å²) in [6.45, 7) is 2.16. The monoisotopic (exact) mass is 385 g/mol. The molecule has 3 aromatic rings. The minimum absolute atomic E-state index is 0.108. The van der Waals surface area contributed by atoms with E-state index >= 15 is 0 Å². The molecule has 1 saturated heterocycles. The van der Waals surface area contributed by atoms with Crippen molar-refractivity contribution in [2.24, 2.45) is 5.92 Å². The summed E-state index contributed by atoms with van der Waals surface area (Å²) in [6, 6.07) is 14.7. The molecule has 0 amide bonds. The van der Waals surface area contributed by atoms with Crippen LogP contribution in [0.2, 0.25) is 5.02 Å². The number of hydrogen-bond acceptors (Lipinski definition) is 6. The maximum atomic E-state index is 9.93. The number of likely N-dealkylation sites (tertiary alicyclic amines) is 1. The Morgan fingerprint density at radius 1 is 1.07 bits per heavy atom. The van der Waals surface area contributed by atoms with Crippen molar-refractivity contribution in [1.29, 1.82) is 0 Å². The molecule has 2 heterocycles. The van der Waals surface area contributed by atoms with Gasteiger partial charge in [0.1, 0.15) is 5.75 Å². The zero-order valence-electron chi connectivity index (χ0n) is 14.6. The smallest absolute Gasteiger partial charge is 0.251 e. The summed E-state index contributed by atoms with van der Waals surface area (Å²) < 4.78 is 5.73. The van der Waals surface area contributed by atoms with Crippen molar-refractivity contribution in [3.8, 4) is 17.2 Å². The number of benzene rings is 2. The molecule has 7 heteroatoms. The Morgan fingerprint density at radius 2 is 1.85 bits per heavy atom. The average molecular weight is 386 g/mol. The molecule has 1 aliphatic heterocycles. The van der Waals surface area contributed by atoms with Gasteiger partial charge in [-0.15, -0.1) is 10.2 Å². The lowest BCUT2D eigenvalue weighted by atomic mass is 9.90. The summed E-state index contributed by atoms with van der Waals surface area (Å²) in [6.07, 6.45) is 0. The molecule has 4 rings (SSSR count). The number of rotatable bonds is 5. The summed E-state index contributed by atoms with van der Waals surface area (Å²) >= 11 is 5.98. The van der Waals surface area contributed by atoms with Crippen molar-refractivity contribution in [3.63, 3.8) is 0 Å². The molecule has 2 N–H and O–H groups in total.